The van der Waals surface area contributed by atoms with E-state index in [1.807, 2.05) is 0 Å². The lowest BCUT2D eigenvalue weighted by Crippen LogP contribution is -2.48. The molecule has 8 heteroatoms. The van der Waals surface area contributed by atoms with Gasteiger partial charge in [0.15, 0.2) is 5.11 Å². The first-order valence-corrected chi connectivity index (χ1v) is 7.74. The fraction of sp³-hybridized carbons (Fsp3) is 0.583. The van der Waals surface area contributed by atoms with Gasteiger partial charge in [0.1, 0.15) is 5.70 Å². The molecule has 0 aliphatic carbocycles. The number of thiocarbonyl (C=S) groups is 1. The molecule has 110 valence electrons. The Labute approximate surface area is 127 Å². The van der Waals surface area contributed by atoms with E-state index < -0.39 is 5.97 Å². The highest BCUT2D eigenvalue weighted by atomic mass is 32.2. The van der Waals surface area contributed by atoms with E-state index in [-0.39, 0.29) is 17.0 Å². The number of amides is 1. The standard InChI is InChI=1S/C12H17N3O3S2/c1-13-12(19)14-5-3-2-4-7-10(11(17)18)15-8(16)6-9(15)20-7/h9H,2-6H2,1H3,(H,17,18)(H2,13,14,19)/t9-/m0/s1. The van der Waals surface area contributed by atoms with Crippen LogP contribution in [0.15, 0.2) is 10.6 Å². The van der Waals surface area contributed by atoms with Crippen molar-refractivity contribution in [1.29, 1.82) is 0 Å². The van der Waals surface area contributed by atoms with E-state index in [4.69, 9.17) is 12.2 Å². The zero-order chi connectivity index (χ0) is 14.7. The minimum absolute atomic E-state index is 0.0126. The molecule has 0 spiro atoms. The second-order valence-corrected chi connectivity index (χ2v) is 6.26. The molecule has 6 nitrogen and oxygen atoms in total. The Morgan fingerprint density at radius 1 is 1.55 bits per heavy atom. The number of hydrogen-bond acceptors (Lipinski definition) is 4. The molecule has 2 rings (SSSR count). The molecule has 0 unspecified atom stereocenters. The Morgan fingerprint density at radius 3 is 2.90 bits per heavy atom. The van der Waals surface area contributed by atoms with Crippen LogP contribution < -0.4 is 10.6 Å². The van der Waals surface area contributed by atoms with Gasteiger partial charge < -0.3 is 15.7 Å². The van der Waals surface area contributed by atoms with Crippen molar-refractivity contribution in [2.75, 3.05) is 13.6 Å². The van der Waals surface area contributed by atoms with Gasteiger partial charge >= 0.3 is 5.97 Å². The van der Waals surface area contributed by atoms with Crippen LogP contribution >= 0.6 is 24.0 Å². The van der Waals surface area contributed by atoms with E-state index in [9.17, 15) is 14.7 Å². The van der Waals surface area contributed by atoms with Gasteiger partial charge in [-0.3, -0.25) is 9.69 Å². The van der Waals surface area contributed by atoms with Gasteiger partial charge in [-0.1, -0.05) is 0 Å². The Morgan fingerprint density at radius 2 is 2.30 bits per heavy atom. The monoisotopic (exact) mass is 315 g/mol. The van der Waals surface area contributed by atoms with E-state index in [0.717, 1.165) is 24.3 Å². The SMILES string of the molecule is CNC(=S)NCCCCC1=C(C(=O)O)N2C(=O)C[C@@H]2S1. The van der Waals surface area contributed by atoms with E-state index >= 15 is 0 Å². The van der Waals surface area contributed by atoms with Crippen molar-refractivity contribution < 1.29 is 14.7 Å². The highest BCUT2D eigenvalue weighted by Gasteiger charge is 2.47. The number of hydrogen-bond donors (Lipinski definition) is 3. The molecule has 1 atom stereocenters. The summed E-state index contributed by atoms with van der Waals surface area (Å²) in [5.74, 6) is -1.09. The maximum absolute atomic E-state index is 11.4. The Balaban J connectivity index is 1.82. The maximum atomic E-state index is 11.4. The van der Waals surface area contributed by atoms with E-state index in [0.29, 0.717) is 18.0 Å². The molecule has 20 heavy (non-hydrogen) atoms. The van der Waals surface area contributed by atoms with Gasteiger partial charge in [-0.05, 0) is 31.5 Å². The summed E-state index contributed by atoms with van der Waals surface area (Å²) in [6.07, 6.45) is 2.91. The molecule has 0 aromatic rings. The lowest BCUT2D eigenvalue weighted by atomic mass is 10.1. The number of carboxylic acids is 1. The zero-order valence-electron chi connectivity index (χ0n) is 11.1. The van der Waals surface area contributed by atoms with Gasteiger partial charge in [0, 0.05) is 18.5 Å². The fourth-order valence-electron chi connectivity index (χ4n) is 2.21. The Hall–Kier alpha value is -1.28. The number of carboxylic acid groups (broad SMARTS) is 1. The van der Waals surface area contributed by atoms with Crippen molar-refractivity contribution in [2.24, 2.45) is 0 Å². The van der Waals surface area contributed by atoms with Crippen molar-refractivity contribution in [3.63, 3.8) is 0 Å². The van der Waals surface area contributed by atoms with Crippen LogP contribution in [0.3, 0.4) is 0 Å². The first-order valence-electron chi connectivity index (χ1n) is 6.45. The van der Waals surface area contributed by atoms with E-state index in [1.165, 1.54) is 16.7 Å². The van der Waals surface area contributed by atoms with Crippen molar-refractivity contribution in [2.45, 2.75) is 31.1 Å². The molecule has 1 fully saturated rings. The van der Waals surface area contributed by atoms with Crippen LogP contribution in [-0.2, 0) is 9.59 Å². The normalized spacial score (nSPS) is 20.6. The molecule has 1 amide bonds. The topological polar surface area (TPSA) is 81.7 Å². The first kappa shape index (κ1) is 15.1. The van der Waals surface area contributed by atoms with Crippen molar-refractivity contribution >= 4 is 41.0 Å². The molecular formula is C12H17N3O3S2. The molecule has 0 bridgehead atoms. The lowest BCUT2D eigenvalue weighted by Gasteiger charge is -2.33. The van der Waals surface area contributed by atoms with E-state index in [2.05, 4.69) is 10.6 Å². The van der Waals surface area contributed by atoms with Crippen LogP contribution in [0.2, 0.25) is 0 Å². The summed E-state index contributed by atoms with van der Waals surface area (Å²) in [5.41, 5.74) is 0.190. The van der Waals surface area contributed by atoms with Crippen LogP contribution in [0.1, 0.15) is 25.7 Å². The summed E-state index contributed by atoms with van der Waals surface area (Å²) in [7, 11) is 1.76. The molecule has 2 aliphatic heterocycles. The third-order valence-corrected chi connectivity index (χ3v) is 4.92. The molecule has 3 N–H and O–H groups in total. The predicted molar refractivity (Wildman–Crippen MR) is 81.0 cm³/mol. The van der Waals surface area contributed by atoms with Gasteiger partial charge in [-0.2, -0.15) is 0 Å². The number of aliphatic carboxylic acids is 1. The predicted octanol–water partition coefficient (Wildman–Crippen LogP) is 0.852. The quantitative estimate of drug-likeness (QED) is 0.381. The Kier molecular flexibility index (Phi) is 4.87. The fourth-order valence-corrected chi connectivity index (χ4v) is 3.75. The number of nitrogens with zero attached hydrogens (tertiary/aromatic N) is 1. The largest absolute Gasteiger partial charge is 0.477 e. The Bertz CT molecular complexity index is 479. The second kappa shape index (κ2) is 6.45. The van der Waals surface area contributed by atoms with Crippen LogP contribution in [-0.4, -0.2) is 46.0 Å². The summed E-state index contributed by atoms with van der Waals surface area (Å²) in [6, 6.07) is 0. The molecular weight excluding hydrogens is 298 g/mol. The number of β-lactam (4-membered cyclic amide) rings is 1. The summed E-state index contributed by atoms with van der Waals surface area (Å²) in [5, 5.41) is 15.7. The van der Waals surface area contributed by atoms with Crippen LogP contribution in [0.25, 0.3) is 0 Å². The number of carbonyl (C=O) groups excluding carboxylic acids is 1. The number of thioether (sulfide) groups is 1. The highest BCUT2D eigenvalue weighted by Crippen LogP contribution is 2.47. The molecule has 0 aromatic carbocycles. The van der Waals surface area contributed by atoms with Gasteiger partial charge in [-0.25, -0.2) is 4.79 Å². The number of rotatable bonds is 6. The summed E-state index contributed by atoms with van der Waals surface area (Å²) >= 11 is 6.47. The van der Waals surface area contributed by atoms with E-state index in [1.54, 1.807) is 7.05 Å². The number of allylic oxidation sites excluding steroid dienone is 1. The zero-order valence-corrected chi connectivity index (χ0v) is 12.8. The summed E-state index contributed by atoms with van der Waals surface area (Å²) in [6.45, 7) is 0.756. The molecule has 0 saturated carbocycles. The minimum Gasteiger partial charge on any atom is -0.477 e. The first-order chi connectivity index (χ1) is 9.54. The number of nitrogens with one attached hydrogen (secondary N) is 2. The van der Waals surface area contributed by atoms with Crippen molar-refractivity contribution in [3.05, 3.63) is 10.6 Å². The number of carbonyl (C=O) groups is 2. The molecule has 2 heterocycles. The third-order valence-electron chi connectivity index (χ3n) is 3.24. The van der Waals surface area contributed by atoms with Crippen molar-refractivity contribution in [1.82, 2.24) is 15.5 Å². The van der Waals surface area contributed by atoms with Crippen molar-refractivity contribution in [3.8, 4) is 0 Å². The van der Waals surface area contributed by atoms with Gasteiger partial charge in [0.2, 0.25) is 5.91 Å². The molecule has 0 radical (unpaired) electrons. The number of fused-ring (bicyclic) bond motifs is 1. The third kappa shape index (κ3) is 3.06. The number of unbranched alkanes of at least 4 members (excludes halogenated alkanes) is 1. The average molecular weight is 315 g/mol. The van der Waals surface area contributed by atoms with Crippen LogP contribution in [0.5, 0.6) is 0 Å². The molecule has 0 aromatic heterocycles. The molecule has 1 saturated heterocycles. The highest BCUT2D eigenvalue weighted by molar-refractivity contribution is 8.04. The van der Waals surface area contributed by atoms with Gasteiger partial charge in [-0.15, -0.1) is 11.8 Å². The van der Waals surface area contributed by atoms with Crippen LogP contribution in [0.4, 0.5) is 0 Å². The lowest BCUT2D eigenvalue weighted by molar-refractivity contribution is -0.145. The molecule has 2 aliphatic rings. The summed E-state index contributed by atoms with van der Waals surface area (Å²) in [4.78, 5) is 24.9. The minimum atomic E-state index is -1.00. The second-order valence-electron chi connectivity index (χ2n) is 4.58. The van der Waals surface area contributed by atoms with Crippen LogP contribution in [0, 0.1) is 0 Å². The van der Waals surface area contributed by atoms with Gasteiger partial charge in [0.25, 0.3) is 0 Å². The summed E-state index contributed by atoms with van der Waals surface area (Å²) < 4.78 is 0. The maximum Gasteiger partial charge on any atom is 0.353 e. The van der Waals surface area contributed by atoms with Gasteiger partial charge in [0.05, 0.1) is 11.8 Å². The smallest absolute Gasteiger partial charge is 0.353 e. The average Bonchev–Trinajstić information content (AvgIpc) is 2.70.